The van der Waals surface area contributed by atoms with Crippen LogP contribution in [0.4, 0.5) is 5.69 Å². The summed E-state index contributed by atoms with van der Waals surface area (Å²) in [4.78, 5) is 24.3. The Bertz CT molecular complexity index is 967. The summed E-state index contributed by atoms with van der Waals surface area (Å²) in [6, 6.07) is 18.1. The van der Waals surface area contributed by atoms with Crippen LogP contribution >= 0.6 is 11.3 Å². The minimum absolute atomic E-state index is 0.125. The highest BCUT2D eigenvalue weighted by Gasteiger charge is 2.09. The smallest absolute Gasteiger partial charge is 0.353 e. The molecular weight excluding hydrogens is 374 g/mol. The molecule has 142 valence electrons. The van der Waals surface area contributed by atoms with Gasteiger partial charge in [0.2, 0.25) is 0 Å². The fraction of sp³-hybridized carbons (Fsp3) is 0.0952. The third-order valence-corrected chi connectivity index (χ3v) is 4.65. The van der Waals surface area contributed by atoms with Gasteiger partial charge in [0.25, 0.3) is 5.91 Å². The largest absolute Gasteiger partial charge is 0.422 e. The molecule has 0 unspecified atom stereocenters. The fourth-order valence-electron chi connectivity index (χ4n) is 2.34. The third kappa shape index (κ3) is 5.52. The van der Waals surface area contributed by atoms with Crippen molar-refractivity contribution in [2.45, 2.75) is 6.92 Å². The zero-order chi connectivity index (χ0) is 19.8. The van der Waals surface area contributed by atoms with Crippen LogP contribution in [0.25, 0.3) is 0 Å². The number of hydrogen-bond acceptors (Lipinski definition) is 6. The monoisotopic (exact) mass is 393 g/mol. The Labute approximate surface area is 166 Å². The number of amides is 1. The fourth-order valence-corrected chi connectivity index (χ4v) is 2.94. The van der Waals surface area contributed by atoms with Crippen molar-refractivity contribution in [3.8, 4) is 5.75 Å². The average molecular weight is 393 g/mol. The van der Waals surface area contributed by atoms with Crippen molar-refractivity contribution in [1.82, 2.24) is 5.43 Å². The Balaban J connectivity index is 1.46. The lowest BCUT2D eigenvalue weighted by molar-refractivity contribution is -0.119. The number of ether oxygens (including phenoxy) is 1. The van der Waals surface area contributed by atoms with Gasteiger partial charge in [-0.2, -0.15) is 5.10 Å². The molecule has 0 saturated carbocycles. The summed E-state index contributed by atoms with van der Waals surface area (Å²) in [5.41, 5.74) is 5.22. The van der Waals surface area contributed by atoms with Gasteiger partial charge >= 0.3 is 5.97 Å². The van der Waals surface area contributed by atoms with Crippen molar-refractivity contribution in [3.05, 3.63) is 82.0 Å². The first-order chi connectivity index (χ1) is 13.6. The van der Waals surface area contributed by atoms with Gasteiger partial charge in [0.15, 0.2) is 0 Å². The molecular formula is C21H19N3O3S. The van der Waals surface area contributed by atoms with Gasteiger partial charge in [0.1, 0.15) is 10.6 Å². The summed E-state index contributed by atoms with van der Waals surface area (Å²) in [5.74, 6) is -0.187. The molecule has 3 rings (SSSR count). The Kier molecular flexibility index (Phi) is 6.54. The van der Waals surface area contributed by atoms with Crippen molar-refractivity contribution in [2.24, 2.45) is 5.10 Å². The van der Waals surface area contributed by atoms with E-state index in [4.69, 9.17) is 4.74 Å². The molecule has 1 aromatic heterocycles. The van der Waals surface area contributed by atoms with Crippen molar-refractivity contribution >= 4 is 35.1 Å². The van der Waals surface area contributed by atoms with Gasteiger partial charge in [-0.3, -0.25) is 4.79 Å². The van der Waals surface area contributed by atoms with Gasteiger partial charge in [-0.25, -0.2) is 10.2 Å². The number of carbonyl (C=O) groups excluding carboxylic acids is 2. The van der Waals surface area contributed by atoms with Crippen molar-refractivity contribution in [1.29, 1.82) is 0 Å². The minimum atomic E-state index is -0.384. The number of carbonyl (C=O) groups is 2. The zero-order valence-corrected chi connectivity index (χ0v) is 16.0. The summed E-state index contributed by atoms with van der Waals surface area (Å²) >= 11 is 1.33. The molecule has 1 amide bonds. The second-order valence-corrected chi connectivity index (χ2v) is 6.85. The topological polar surface area (TPSA) is 79.8 Å². The van der Waals surface area contributed by atoms with Crippen LogP contribution in [0.5, 0.6) is 5.75 Å². The number of rotatable bonds is 7. The zero-order valence-electron chi connectivity index (χ0n) is 15.2. The highest BCUT2D eigenvalue weighted by molar-refractivity contribution is 7.12. The van der Waals surface area contributed by atoms with Gasteiger partial charge in [-0.05, 0) is 59.8 Å². The van der Waals surface area contributed by atoms with E-state index in [0.717, 1.165) is 16.8 Å². The van der Waals surface area contributed by atoms with Crippen LogP contribution in [-0.4, -0.2) is 24.6 Å². The number of hydrogen-bond donors (Lipinski definition) is 2. The maximum atomic E-state index is 11.9. The number of thiophene rings is 1. The lowest BCUT2D eigenvalue weighted by Gasteiger charge is -2.07. The van der Waals surface area contributed by atoms with Crippen LogP contribution < -0.4 is 15.5 Å². The van der Waals surface area contributed by atoms with Gasteiger partial charge < -0.3 is 10.1 Å². The predicted molar refractivity (Wildman–Crippen MR) is 111 cm³/mol. The van der Waals surface area contributed by atoms with E-state index in [9.17, 15) is 9.59 Å². The summed E-state index contributed by atoms with van der Waals surface area (Å²) in [7, 11) is 0. The van der Waals surface area contributed by atoms with Crippen LogP contribution in [0, 0.1) is 6.92 Å². The summed E-state index contributed by atoms with van der Waals surface area (Å²) < 4.78 is 5.29. The maximum Gasteiger partial charge on any atom is 0.353 e. The van der Waals surface area contributed by atoms with E-state index >= 15 is 0 Å². The number of para-hydroxylation sites is 1. The maximum absolute atomic E-state index is 11.9. The second kappa shape index (κ2) is 9.48. The van der Waals surface area contributed by atoms with Crippen molar-refractivity contribution in [2.75, 3.05) is 11.9 Å². The highest BCUT2D eigenvalue weighted by atomic mass is 32.1. The Hall–Kier alpha value is -3.45. The Morgan fingerprint density at radius 2 is 1.86 bits per heavy atom. The number of hydrazone groups is 1. The minimum Gasteiger partial charge on any atom is -0.422 e. The molecule has 0 aliphatic rings. The number of aryl methyl sites for hydroxylation is 1. The van der Waals surface area contributed by atoms with Crippen LogP contribution in [0.2, 0.25) is 0 Å². The van der Waals surface area contributed by atoms with E-state index in [1.807, 2.05) is 36.6 Å². The molecule has 28 heavy (non-hydrogen) atoms. The lowest BCUT2D eigenvalue weighted by atomic mass is 10.2. The first-order valence-corrected chi connectivity index (χ1v) is 9.47. The number of nitrogens with zero attached hydrogens (tertiary/aromatic N) is 1. The molecule has 0 fully saturated rings. The van der Waals surface area contributed by atoms with E-state index in [0.29, 0.717) is 10.6 Å². The van der Waals surface area contributed by atoms with E-state index in [1.54, 1.807) is 36.4 Å². The normalized spacial score (nSPS) is 10.6. The highest BCUT2D eigenvalue weighted by Crippen LogP contribution is 2.16. The Morgan fingerprint density at radius 1 is 1.07 bits per heavy atom. The van der Waals surface area contributed by atoms with Crippen LogP contribution in [-0.2, 0) is 4.79 Å². The van der Waals surface area contributed by atoms with E-state index in [1.165, 1.54) is 17.6 Å². The molecule has 2 N–H and O–H groups in total. The molecule has 1 heterocycles. The van der Waals surface area contributed by atoms with Crippen molar-refractivity contribution in [3.63, 3.8) is 0 Å². The first kappa shape index (κ1) is 19.3. The molecule has 0 spiro atoms. The van der Waals surface area contributed by atoms with E-state index in [-0.39, 0.29) is 18.4 Å². The SMILES string of the molecule is Cc1ccccc1NCC(=O)N/N=C\c1ccc(OC(=O)c2cccs2)cc1. The van der Waals surface area contributed by atoms with Gasteiger partial charge in [-0.15, -0.1) is 11.3 Å². The molecule has 0 saturated heterocycles. The van der Waals surface area contributed by atoms with Gasteiger partial charge in [0.05, 0.1) is 12.8 Å². The molecule has 0 atom stereocenters. The first-order valence-electron chi connectivity index (χ1n) is 8.59. The van der Waals surface area contributed by atoms with Crippen LogP contribution in [0.3, 0.4) is 0 Å². The number of nitrogens with one attached hydrogen (secondary N) is 2. The molecule has 0 bridgehead atoms. The molecule has 0 radical (unpaired) electrons. The summed E-state index contributed by atoms with van der Waals surface area (Å²) in [5, 5.41) is 8.82. The standard InChI is InChI=1S/C21H19N3O3S/c1-15-5-2-3-6-18(15)22-14-20(25)24-23-13-16-8-10-17(11-9-16)27-21(26)19-7-4-12-28-19/h2-13,22H,14H2,1H3,(H,24,25)/b23-13-. The molecule has 0 aliphatic carbocycles. The number of anilines is 1. The summed E-state index contributed by atoms with van der Waals surface area (Å²) in [6.07, 6.45) is 1.52. The van der Waals surface area contributed by atoms with Gasteiger partial charge in [0, 0.05) is 5.69 Å². The van der Waals surface area contributed by atoms with Crippen molar-refractivity contribution < 1.29 is 14.3 Å². The molecule has 3 aromatic rings. The molecule has 7 heteroatoms. The molecule has 2 aromatic carbocycles. The average Bonchev–Trinajstić information content (AvgIpc) is 3.24. The second-order valence-electron chi connectivity index (χ2n) is 5.90. The molecule has 6 nitrogen and oxygen atoms in total. The van der Waals surface area contributed by atoms with Crippen LogP contribution in [0.1, 0.15) is 20.8 Å². The molecule has 0 aliphatic heterocycles. The van der Waals surface area contributed by atoms with E-state index in [2.05, 4.69) is 15.8 Å². The van der Waals surface area contributed by atoms with E-state index < -0.39 is 0 Å². The Morgan fingerprint density at radius 3 is 2.57 bits per heavy atom. The quantitative estimate of drug-likeness (QED) is 0.277. The lowest BCUT2D eigenvalue weighted by Crippen LogP contribution is -2.26. The third-order valence-electron chi connectivity index (χ3n) is 3.80. The van der Waals surface area contributed by atoms with Gasteiger partial charge in [-0.1, -0.05) is 24.3 Å². The van der Waals surface area contributed by atoms with Crippen LogP contribution in [0.15, 0.2) is 71.1 Å². The summed E-state index contributed by atoms with van der Waals surface area (Å²) in [6.45, 7) is 2.10. The predicted octanol–water partition coefficient (Wildman–Crippen LogP) is 3.84. The number of benzene rings is 2. The number of esters is 1.